The maximum Gasteiger partial charge on any atom is 0.224 e. The van der Waals surface area contributed by atoms with Crippen LogP contribution < -0.4 is 10.6 Å². The first-order chi connectivity index (χ1) is 16.4. The summed E-state index contributed by atoms with van der Waals surface area (Å²) in [7, 11) is 0. The predicted molar refractivity (Wildman–Crippen MR) is 137 cm³/mol. The van der Waals surface area contributed by atoms with Crippen molar-refractivity contribution in [2.24, 2.45) is 0 Å². The molecule has 0 aliphatic carbocycles. The summed E-state index contributed by atoms with van der Waals surface area (Å²) in [5.74, 6) is 0.0981. The topological polar surface area (TPSA) is 102 Å². The Morgan fingerprint density at radius 1 is 1.06 bits per heavy atom. The lowest BCUT2D eigenvalue weighted by molar-refractivity contribution is -0.121. The summed E-state index contributed by atoms with van der Waals surface area (Å²) in [6, 6.07) is 13.3. The van der Waals surface area contributed by atoms with E-state index in [4.69, 9.17) is 0 Å². The van der Waals surface area contributed by atoms with Crippen molar-refractivity contribution in [3.05, 3.63) is 64.7 Å². The van der Waals surface area contributed by atoms with Crippen LogP contribution in [-0.2, 0) is 24.2 Å². The SMILES string of the molecule is CCCCCC(CC)NC(=O)Cc1cccc(C[C@@H](C)NC[C@H](O)c2ccc(O)c(CO)c2)c1. The van der Waals surface area contributed by atoms with Gasteiger partial charge in [0, 0.05) is 24.2 Å². The standard InChI is InChI=1S/C28H42N2O4/c1-4-6-7-11-25(5-2)30-28(34)16-22-10-8-9-21(15-22)14-20(3)29-18-27(33)23-12-13-26(32)24(17-23)19-31/h8-10,12-13,15,17,20,25,27,29,31-33H,4-7,11,14,16,18-19H2,1-3H3,(H,30,34)/t20-,25?,27+/m1/s1. The summed E-state index contributed by atoms with van der Waals surface area (Å²) in [6.07, 6.45) is 5.95. The van der Waals surface area contributed by atoms with Gasteiger partial charge < -0.3 is 26.0 Å². The van der Waals surface area contributed by atoms with Gasteiger partial charge in [-0.1, -0.05) is 63.4 Å². The second kappa shape index (κ2) is 14.8. The molecule has 6 nitrogen and oxygen atoms in total. The van der Waals surface area contributed by atoms with Crippen LogP contribution in [0.5, 0.6) is 5.75 Å². The van der Waals surface area contributed by atoms with E-state index in [1.165, 1.54) is 18.9 Å². The highest BCUT2D eigenvalue weighted by atomic mass is 16.3. The zero-order chi connectivity index (χ0) is 24.9. The molecule has 6 heteroatoms. The molecule has 34 heavy (non-hydrogen) atoms. The van der Waals surface area contributed by atoms with Gasteiger partial charge in [0.25, 0.3) is 0 Å². The van der Waals surface area contributed by atoms with Gasteiger partial charge >= 0.3 is 0 Å². The Hall–Kier alpha value is -2.41. The summed E-state index contributed by atoms with van der Waals surface area (Å²) in [6.45, 7) is 6.45. The molecule has 0 bridgehead atoms. The lowest BCUT2D eigenvalue weighted by Gasteiger charge is -2.19. The van der Waals surface area contributed by atoms with E-state index < -0.39 is 6.10 Å². The fourth-order valence-electron chi connectivity index (χ4n) is 4.15. The van der Waals surface area contributed by atoms with Crippen LogP contribution in [0, 0.1) is 0 Å². The number of amides is 1. The lowest BCUT2D eigenvalue weighted by atomic mass is 10.0. The summed E-state index contributed by atoms with van der Waals surface area (Å²) in [5.41, 5.74) is 3.19. The van der Waals surface area contributed by atoms with Gasteiger partial charge in [-0.05, 0) is 55.0 Å². The van der Waals surface area contributed by atoms with Crippen molar-refractivity contribution in [3.63, 3.8) is 0 Å². The number of aliphatic hydroxyl groups is 2. The molecule has 0 aliphatic rings. The van der Waals surface area contributed by atoms with Crippen LogP contribution in [-0.4, -0.2) is 39.9 Å². The van der Waals surface area contributed by atoms with Crippen LogP contribution in [0.4, 0.5) is 0 Å². The number of rotatable bonds is 15. The minimum absolute atomic E-state index is 0.0232. The molecule has 2 rings (SSSR count). The largest absolute Gasteiger partial charge is 0.508 e. The van der Waals surface area contributed by atoms with Crippen molar-refractivity contribution in [1.29, 1.82) is 0 Å². The first-order valence-electron chi connectivity index (χ1n) is 12.6. The number of aromatic hydroxyl groups is 1. The van der Waals surface area contributed by atoms with Crippen molar-refractivity contribution in [2.75, 3.05) is 6.54 Å². The van der Waals surface area contributed by atoms with Crippen LogP contribution in [0.2, 0.25) is 0 Å². The average Bonchev–Trinajstić information content (AvgIpc) is 2.82. The van der Waals surface area contributed by atoms with Gasteiger partial charge in [0.15, 0.2) is 0 Å². The van der Waals surface area contributed by atoms with Crippen molar-refractivity contribution >= 4 is 5.91 Å². The van der Waals surface area contributed by atoms with Crippen LogP contribution in [0.1, 0.15) is 81.2 Å². The predicted octanol–water partition coefficient (Wildman–Crippen LogP) is 4.16. The van der Waals surface area contributed by atoms with Crippen molar-refractivity contribution < 1.29 is 20.1 Å². The Bertz CT molecular complexity index is 886. The van der Waals surface area contributed by atoms with Crippen molar-refractivity contribution in [3.8, 4) is 5.75 Å². The minimum Gasteiger partial charge on any atom is -0.508 e. The smallest absolute Gasteiger partial charge is 0.224 e. The van der Waals surface area contributed by atoms with Gasteiger partial charge in [0.1, 0.15) is 5.75 Å². The molecule has 0 spiro atoms. The molecule has 188 valence electrons. The molecule has 3 atom stereocenters. The van der Waals surface area contributed by atoms with Gasteiger partial charge in [-0.15, -0.1) is 0 Å². The van der Waals surface area contributed by atoms with Crippen LogP contribution in [0.25, 0.3) is 0 Å². The third-order valence-corrected chi connectivity index (χ3v) is 6.23. The highest BCUT2D eigenvalue weighted by molar-refractivity contribution is 5.78. The zero-order valence-electron chi connectivity index (χ0n) is 20.9. The van der Waals surface area contributed by atoms with Crippen molar-refractivity contribution in [2.45, 2.75) is 90.5 Å². The number of nitrogens with one attached hydrogen (secondary N) is 2. The average molecular weight is 471 g/mol. The number of carbonyl (C=O) groups excluding carboxylic acids is 1. The maximum atomic E-state index is 12.5. The number of carbonyl (C=O) groups is 1. The Labute approximate surface area is 204 Å². The van der Waals surface area contributed by atoms with Gasteiger partial charge in [0.05, 0.1) is 19.1 Å². The molecule has 0 aromatic heterocycles. The monoisotopic (exact) mass is 470 g/mol. The quantitative estimate of drug-likeness (QED) is 0.252. The normalized spacial score (nSPS) is 13.9. The molecule has 0 aliphatic heterocycles. The molecular weight excluding hydrogens is 428 g/mol. The molecule has 0 radical (unpaired) electrons. The number of unbranched alkanes of at least 4 members (excludes halogenated alkanes) is 2. The number of benzene rings is 2. The molecule has 2 aromatic carbocycles. The fraction of sp³-hybridized carbons (Fsp3) is 0.536. The first-order valence-corrected chi connectivity index (χ1v) is 12.6. The van der Waals surface area contributed by atoms with E-state index in [2.05, 4.69) is 43.5 Å². The Balaban J connectivity index is 1.84. The summed E-state index contributed by atoms with van der Waals surface area (Å²) >= 11 is 0. The lowest BCUT2D eigenvalue weighted by Crippen LogP contribution is -2.35. The third kappa shape index (κ3) is 9.45. The Kier molecular flexibility index (Phi) is 12.1. The van der Waals surface area contributed by atoms with Crippen molar-refractivity contribution in [1.82, 2.24) is 10.6 Å². The Morgan fingerprint density at radius 2 is 1.82 bits per heavy atom. The molecule has 5 N–H and O–H groups in total. The maximum absolute atomic E-state index is 12.5. The fourth-order valence-corrected chi connectivity index (χ4v) is 4.15. The summed E-state index contributed by atoms with van der Waals surface area (Å²) in [5, 5.41) is 36.0. The molecule has 1 unspecified atom stereocenters. The molecule has 0 heterocycles. The second-order valence-electron chi connectivity index (χ2n) is 9.24. The van der Waals surface area contributed by atoms with E-state index >= 15 is 0 Å². The Morgan fingerprint density at radius 3 is 2.53 bits per heavy atom. The molecular formula is C28H42N2O4. The second-order valence-corrected chi connectivity index (χ2v) is 9.24. The van der Waals surface area contributed by atoms with Crippen LogP contribution in [0.15, 0.2) is 42.5 Å². The molecule has 0 saturated heterocycles. The number of aliphatic hydroxyl groups excluding tert-OH is 2. The highest BCUT2D eigenvalue weighted by Gasteiger charge is 2.14. The van der Waals surface area contributed by atoms with Crippen LogP contribution in [0.3, 0.4) is 0 Å². The summed E-state index contributed by atoms with van der Waals surface area (Å²) in [4.78, 5) is 12.5. The van der Waals surface area contributed by atoms with Crippen LogP contribution >= 0.6 is 0 Å². The van der Waals surface area contributed by atoms with Gasteiger partial charge in [-0.25, -0.2) is 0 Å². The number of phenols is 1. The van der Waals surface area contributed by atoms with E-state index in [9.17, 15) is 20.1 Å². The third-order valence-electron chi connectivity index (χ3n) is 6.23. The van der Waals surface area contributed by atoms with E-state index in [1.807, 2.05) is 12.1 Å². The minimum atomic E-state index is -0.743. The van der Waals surface area contributed by atoms with E-state index in [1.54, 1.807) is 12.1 Å². The number of hydrogen-bond acceptors (Lipinski definition) is 5. The summed E-state index contributed by atoms with van der Waals surface area (Å²) < 4.78 is 0. The molecule has 2 aromatic rings. The van der Waals surface area contributed by atoms with E-state index in [0.717, 1.165) is 36.8 Å². The van der Waals surface area contributed by atoms with E-state index in [-0.39, 0.29) is 30.3 Å². The highest BCUT2D eigenvalue weighted by Crippen LogP contribution is 2.22. The first kappa shape index (κ1) is 27.8. The molecule has 1 amide bonds. The molecule has 0 saturated carbocycles. The zero-order valence-corrected chi connectivity index (χ0v) is 20.9. The van der Waals surface area contributed by atoms with Gasteiger partial charge in [-0.2, -0.15) is 0 Å². The number of hydrogen-bond donors (Lipinski definition) is 5. The van der Waals surface area contributed by atoms with Gasteiger partial charge in [-0.3, -0.25) is 4.79 Å². The van der Waals surface area contributed by atoms with E-state index in [0.29, 0.717) is 24.1 Å². The molecule has 0 fully saturated rings. The van der Waals surface area contributed by atoms with Gasteiger partial charge in [0.2, 0.25) is 5.91 Å².